The molecule has 1 aliphatic rings. The molecular formula is C9H12N2O15P3-3. The lowest BCUT2D eigenvalue weighted by Gasteiger charge is -2.33. The summed E-state index contributed by atoms with van der Waals surface area (Å²) in [5, 5.41) is 19.8. The minimum absolute atomic E-state index is 0.676. The van der Waals surface area contributed by atoms with Gasteiger partial charge in [0.2, 0.25) is 0 Å². The zero-order valence-electron chi connectivity index (χ0n) is 13.7. The third-order valence-electron chi connectivity index (χ3n) is 3.26. The van der Waals surface area contributed by atoms with E-state index in [2.05, 4.69) is 13.1 Å². The van der Waals surface area contributed by atoms with Crippen molar-refractivity contribution in [3.05, 3.63) is 33.1 Å². The number of ether oxygens (including phenoxy) is 1. The molecule has 0 aromatic carbocycles. The third-order valence-corrected chi connectivity index (χ3v) is 6.95. The molecule has 166 valence electrons. The lowest BCUT2D eigenvalue weighted by Crippen LogP contribution is -2.37. The second kappa shape index (κ2) is 8.61. The van der Waals surface area contributed by atoms with E-state index < -0.39 is 65.9 Å². The SMILES string of the molecule is O=c1ccn(C2OC(COP(=O)([O-])OP(=O)([O-])OP(=O)([O-])O)C(O)C2O)c(=O)[nH]1. The maximum absolute atomic E-state index is 11.7. The average molecular weight is 481 g/mol. The quantitative estimate of drug-likeness (QED) is 0.255. The molecule has 1 aliphatic heterocycles. The molecule has 0 amide bonds. The molecule has 0 radical (unpaired) electrons. The Morgan fingerprint density at radius 1 is 1.10 bits per heavy atom. The lowest BCUT2D eigenvalue weighted by molar-refractivity contribution is -0.250. The predicted molar refractivity (Wildman–Crippen MR) is 80.4 cm³/mol. The van der Waals surface area contributed by atoms with Gasteiger partial charge in [-0.15, -0.1) is 0 Å². The van der Waals surface area contributed by atoms with Gasteiger partial charge in [0, 0.05) is 12.3 Å². The van der Waals surface area contributed by atoms with Crippen LogP contribution in [0.4, 0.5) is 0 Å². The molecule has 2 rings (SSSR count). The van der Waals surface area contributed by atoms with E-state index >= 15 is 0 Å². The number of phosphoric acid groups is 3. The Morgan fingerprint density at radius 3 is 2.28 bits per heavy atom. The molecule has 1 fully saturated rings. The third kappa shape index (κ3) is 6.73. The molecule has 7 unspecified atom stereocenters. The first-order chi connectivity index (χ1) is 13.1. The molecule has 0 aliphatic carbocycles. The Hall–Kier alpha value is -1.03. The van der Waals surface area contributed by atoms with Gasteiger partial charge in [-0.25, -0.2) is 13.4 Å². The second-order valence-corrected chi connectivity index (χ2v) is 9.68. The number of hydrogen-bond donors (Lipinski definition) is 4. The molecular weight excluding hydrogens is 469 g/mol. The van der Waals surface area contributed by atoms with Crippen molar-refractivity contribution >= 4 is 23.5 Å². The first-order valence-corrected chi connectivity index (χ1v) is 11.6. The number of hydrogen-bond acceptors (Lipinski definition) is 14. The number of aliphatic hydroxyl groups is 2. The monoisotopic (exact) mass is 481 g/mol. The molecule has 0 saturated carbocycles. The lowest BCUT2D eigenvalue weighted by atomic mass is 10.1. The maximum Gasteiger partial charge on any atom is 0.330 e. The summed E-state index contributed by atoms with van der Waals surface area (Å²) < 4.78 is 49.3. The number of phosphoric ester groups is 1. The molecule has 1 saturated heterocycles. The van der Waals surface area contributed by atoms with Crippen molar-refractivity contribution < 1.29 is 61.4 Å². The zero-order chi connectivity index (χ0) is 22.2. The predicted octanol–water partition coefficient (Wildman–Crippen LogP) is -4.40. The number of rotatable bonds is 8. The minimum atomic E-state index is -6.10. The van der Waals surface area contributed by atoms with E-state index in [4.69, 9.17) is 9.63 Å². The van der Waals surface area contributed by atoms with Crippen molar-refractivity contribution in [2.24, 2.45) is 0 Å². The number of nitrogens with zero attached hydrogens (tertiary/aromatic N) is 1. The number of aromatic nitrogens is 2. The van der Waals surface area contributed by atoms with Gasteiger partial charge in [-0.05, 0) is 0 Å². The van der Waals surface area contributed by atoms with E-state index in [9.17, 15) is 48.2 Å². The summed E-state index contributed by atoms with van der Waals surface area (Å²) in [6.45, 7) is -1.15. The van der Waals surface area contributed by atoms with Crippen LogP contribution in [0.5, 0.6) is 0 Å². The van der Waals surface area contributed by atoms with Crippen LogP contribution in [0.25, 0.3) is 0 Å². The number of nitrogens with one attached hydrogen (secondary N) is 1. The van der Waals surface area contributed by atoms with Crippen LogP contribution in [-0.4, -0.2) is 49.6 Å². The van der Waals surface area contributed by atoms with Crippen LogP contribution in [0.1, 0.15) is 6.23 Å². The van der Waals surface area contributed by atoms with Gasteiger partial charge >= 0.3 is 5.69 Å². The van der Waals surface area contributed by atoms with Crippen LogP contribution in [-0.2, 0) is 31.6 Å². The first-order valence-electron chi connectivity index (χ1n) is 7.16. The van der Waals surface area contributed by atoms with E-state index in [0.717, 1.165) is 12.3 Å². The molecule has 20 heteroatoms. The molecule has 4 N–H and O–H groups in total. The van der Waals surface area contributed by atoms with Crippen molar-refractivity contribution in [2.75, 3.05) is 6.61 Å². The Balaban J connectivity index is 2.06. The highest BCUT2D eigenvalue weighted by molar-refractivity contribution is 7.65. The fraction of sp³-hybridized carbons (Fsp3) is 0.556. The molecule has 0 spiro atoms. The van der Waals surface area contributed by atoms with Gasteiger partial charge in [-0.2, -0.15) is 0 Å². The number of aromatic amines is 1. The topological polar surface area (TPSA) is 273 Å². The van der Waals surface area contributed by atoms with Gasteiger partial charge in [-0.1, -0.05) is 0 Å². The van der Waals surface area contributed by atoms with Crippen LogP contribution in [0.15, 0.2) is 21.9 Å². The van der Waals surface area contributed by atoms with E-state index in [0.29, 0.717) is 4.57 Å². The molecule has 1 aromatic rings. The molecule has 17 nitrogen and oxygen atoms in total. The fourth-order valence-electron chi connectivity index (χ4n) is 2.18. The summed E-state index contributed by atoms with van der Waals surface area (Å²) in [5.74, 6) is 0. The summed E-state index contributed by atoms with van der Waals surface area (Å²) in [7, 11) is -17.8. The summed E-state index contributed by atoms with van der Waals surface area (Å²) >= 11 is 0. The van der Waals surface area contributed by atoms with E-state index in [1.54, 1.807) is 0 Å². The van der Waals surface area contributed by atoms with Gasteiger partial charge in [0.25, 0.3) is 29.0 Å². The molecule has 29 heavy (non-hydrogen) atoms. The van der Waals surface area contributed by atoms with Crippen LogP contribution in [0.3, 0.4) is 0 Å². The molecule has 1 aromatic heterocycles. The smallest absolute Gasteiger partial charge is 0.330 e. The van der Waals surface area contributed by atoms with Crippen molar-refractivity contribution in [3.8, 4) is 0 Å². The number of aliphatic hydroxyl groups excluding tert-OH is 2. The minimum Gasteiger partial charge on any atom is -0.756 e. The highest BCUT2D eigenvalue weighted by Gasteiger charge is 2.44. The van der Waals surface area contributed by atoms with Crippen LogP contribution in [0, 0.1) is 0 Å². The van der Waals surface area contributed by atoms with Crippen molar-refractivity contribution in [3.63, 3.8) is 0 Å². The normalized spacial score (nSPS) is 31.0. The van der Waals surface area contributed by atoms with Gasteiger partial charge in [0.05, 0.1) is 6.61 Å². The molecule has 7 atom stereocenters. The first kappa shape index (κ1) is 24.2. The van der Waals surface area contributed by atoms with Gasteiger partial charge < -0.3 is 39.0 Å². The van der Waals surface area contributed by atoms with Crippen molar-refractivity contribution in [2.45, 2.75) is 24.5 Å². The Labute approximate surface area is 159 Å². The Morgan fingerprint density at radius 2 is 1.72 bits per heavy atom. The van der Waals surface area contributed by atoms with E-state index in [-0.39, 0.29) is 0 Å². The van der Waals surface area contributed by atoms with E-state index in [1.165, 1.54) is 0 Å². The van der Waals surface area contributed by atoms with Gasteiger partial charge in [0.1, 0.15) is 18.3 Å². The molecule has 2 heterocycles. The maximum atomic E-state index is 11.7. The van der Waals surface area contributed by atoms with Gasteiger partial charge in [0.15, 0.2) is 6.23 Å². The summed E-state index contributed by atoms with van der Waals surface area (Å²) in [6, 6.07) is 0.898. The number of H-pyrrole nitrogens is 1. The van der Waals surface area contributed by atoms with Crippen LogP contribution in [0.2, 0.25) is 0 Å². The zero-order valence-corrected chi connectivity index (χ0v) is 16.4. The van der Waals surface area contributed by atoms with Crippen molar-refractivity contribution in [1.29, 1.82) is 0 Å². The molecule has 0 bridgehead atoms. The highest BCUT2D eigenvalue weighted by Crippen LogP contribution is 2.61. The average Bonchev–Trinajstić information content (AvgIpc) is 2.78. The largest absolute Gasteiger partial charge is 0.756 e. The summed E-state index contributed by atoms with van der Waals surface area (Å²) in [5.41, 5.74) is -1.79. The Bertz CT molecular complexity index is 997. The fourth-order valence-corrected chi connectivity index (χ4v) is 5.07. The summed E-state index contributed by atoms with van der Waals surface area (Å²) in [4.78, 5) is 65.8. The Kier molecular flexibility index (Phi) is 7.20. The van der Waals surface area contributed by atoms with Crippen LogP contribution < -0.4 is 25.9 Å². The van der Waals surface area contributed by atoms with Crippen LogP contribution >= 0.6 is 23.5 Å². The van der Waals surface area contributed by atoms with Crippen molar-refractivity contribution in [1.82, 2.24) is 9.55 Å². The second-order valence-electron chi connectivity index (χ2n) is 5.39. The standard InChI is InChI=1S/C9H15N2O15P3/c12-5-1-2-11(9(15)10-5)8-7(14)6(13)4(24-8)3-23-28(19,20)26-29(21,22)25-27(16,17)18/h1-2,4,6-8,13-14H,3H2,(H,19,20)(H,21,22)(H,10,12,15)(H2,16,17,18)/p-3. The summed E-state index contributed by atoms with van der Waals surface area (Å²) in [6.07, 6.45) is -5.93. The van der Waals surface area contributed by atoms with E-state index in [1.807, 2.05) is 4.98 Å². The van der Waals surface area contributed by atoms with Gasteiger partial charge in [-0.3, -0.25) is 28.0 Å². The highest BCUT2D eigenvalue weighted by atomic mass is 31.3.